The van der Waals surface area contributed by atoms with Crippen molar-refractivity contribution < 1.29 is 0 Å². The number of hydrogen-bond donors (Lipinski definition) is 0. The van der Waals surface area contributed by atoms with E-state index in [4.69, 9.17) is 0 Å². The lowest BCUT2D eigenvalue weighted by atomic mass is 10.2. The molecule has 3 nitrogen and oxygen atoms in total. The van der Waals surface area contributed by atoms with Crippen molar-refractivity contribution in [1.82, 2.24) is 15.0 Å². The minimum Gasteiger partial charge on any atom is -0.213 e. The highest BCUT2D eigenvalue weighted by Crippen LogP contribution is 2.19. The van der Waals surface area contributed by atoms with Gasteiger partial charge in [-0.25, -0.2) is 15.0 Å². The first kappa shape index (κ1) is 13.9. The third-order valence-electron chi connectivity index (χ3n) is 2.81. The molecule has 3 rings (SSSR count). The van der Waals surface area contributed by atoms with Crippen LogP contribution in [-0.2, 0) is 0 Å². The monoisotopic (exact) mass is 263 g/mol. The second-order valence-corrected chi connectivity index (χ2v) is 4.26. The Morgan fingerprint density at radius 2 is 1.00 bits per heavy atom. The SMILES string of the molecule is C.Cc1nc(-c2ccccc2)nc(-c2ccccc2)n1. The Bertz CT molecular complexity index is 621. The van der Waals surface area contributed by atoms with Crippen LogP contribution in [0.2, 0.25) is 0 Å². The highest BCUT2D eigenvalue weighted by molar-refractivity contribution is 5.60. The van der Waals surface area contributed by atoms with E-state index in [1.165, 1.54) is 0 Å². The number of nitrogens with zero attached hydrogens (tertiary/aromatic N) is 3. The first-order chi connectivity index (χ1) is 9.33. The van der Waals surface area contributed by atoms with Gasteiger partial charge in [0.25, 0.3) is 0 Å². The fraction of sp³-hybridized carbons (Fsp3) is 0.118. The number of rotatable bonds is 2. The van der Waals surface area contributed by atoms with E-state index < -0.39 is 0 Å². The van der Waals surface area contributed by atoms with Gasteiger partial charge in [0.05, 0.1) is 0 Å². The number of aryl methyl sites for hydroxylation is 1. The molecular formula is C17H17N3. The van der Waals surface area contributed by atoms with E-state index in [9.17, 15) is 0 Å². The molecule has 0 saturated heterocycles. The quantitative estimate of drug-likeness (QED) is 0.697. The second kappa shape index (κ2) is 6.06. The van der Waals surface area contributed by atoms with Gasteiger partial charge in [-0.2, -0.15) is 0 Å². The molecule has 0 unspecified atom stereocenters. The summed E-state index contributed by atoms with van der Waals surface area (Å²) in [6, 6.07) is 19.9. The predicted molar refractivity (Wildman–Crippen MR) is 82.2 cm³/mol. The van der Waals surface area contributed by atoms with Crippen molar-refractivity contribution in [3.05, 3.63) is 66.5 Å². The third kappa shape index (κ3) is 2.88. The Hall–Kier alpha value is -2.55. The van der Waals surface area contributed by atoms with Crippen molar-refractivity contribution in [2.75, 3.05) is 0 Å². The fourth-order valence-electron chi connectivity index (χ4n) is 1.91. The zero-order valence-corrected chi connectivity index (χ0v) is 10.6. The number of hydrogen-bond acceptors (Lipinski definition) is 3. The smallest absolute Gasteiger partial charge is 0.163 e. The molecule has 0 bridgehead atoms. The molecule has 2 aromatic carbocycles. The van der Waals surface area contributed by atoms with Crippen LogP contribution < -0.4 is 0 Å². The first-order valence-electron chi connectivity index (χ1n) is 6.16. The summed E-state index contributed by atoms with van der Waals surface area (Å²) >= 11 is 0. The predicted octanol–water partition coefficient (Wildman–Crippen LogP) is 4.15. The standard InChI is InChI=1S/C16H13N3.CH4/c1-12-17-15(13-8-4-2-5-9-13)19-16(18-12)14-10-6-3-7-11-14;/h2-11H,1H3;1H4. The molecule has 1 heterocycles. The van der Waals surface area contributed by atoms with E-state index in [0.717, 1.165) is 17.0 Å². The molecule has 0 saturated carbocycles. The topological polar surface area (TPSA) is 38.7 Å². The van der Waals surface area contributed by atoms with Gasteiger partial charge in [0.2, 0.25) is 0 Å². The molecule has 100 valence electrons. The second-order valence-electron chi connectivity index (χ2n) is 4.26. The van der Waals surface area contributed by atoms with Gasteiger partial charge in [-0.1, -0.05) is 68.1 Å². The van der Waals surface area contributed by atoms with Crippen LogP contribution in [0.5, 0.6) is 0 Å². The van der Waals surface area contributed by atoms with Crippen LogP contribution in [0, 0.1) is 6.92 Å². The van der Waals surface area contributed by atoms with Crippen LogP contribution in [0.15, 0.2) is 60.7 Å². The van der Waals surface area contributed by atoms with Crippen LogP contribution in [0.3, 0.4) is 0 Å². The van der Waals surface area contributed by atoms with Crippen molar-refractivity contribution >= 4 is 0 Å². The van der Waals surface area contributed by atoms with Crippen molar-refractivity contribution in [3.8, 4) is 22.8 Å². The van der Waals surface area contributed by atoms with E-state index in [1.807, 2.05) is 67.6 Å². The average Bonchev–Trinajstić information content (AvgIpc) is 2.48. The first-order valence-corrected chi connectivity index (χ1v) is 6.16. The maximum Gasteiger partial charge on any atom is 0.163 e. The largest absolute Gasteiger partial charge is 0.213 e. The van der Waals surface area contributed by atoms with Crippen molar-refractivity contribution in [2.24, 2.45) is 0 Å². The summed E-state index contributed by atoms with van der Waals surface area (Å²) in [6.07, 6.45) is 0. The zero-order valence-electron chi connectivity index (χ0n) is 10.6. The van der Waals surface area contributed by atoms with E-state index in [1.54, 1.807) is 0 Å². The molecule has 1 aromatic heterocycles. The molecule has 0 aliphatic rings. The molecule has 0 spiro atoms. The fourth-order valence-corrected chi connectivity index (χ4v) is 1.91. The Morgan fingerprint density at radius 1 is 0.600 bits per heavy atom. The molecule has 0 N–H and O–H groups in total. The molecule has 3 heteroatoms. The molecule has 0 amide bonds. The third-order valence-corrected chi connectivity index (χ3v) is 2.81. The lowest BCUT2D eigenvalue weighted by Crippen LogP contribution is -1.99. The summed E-state index contributed by atoms with van der Waals surface area (Å²) in [5.74, 6) is 2.16. The van der Waals surface area contributed by atoms with Crippen LogP contribution >= 0.6 is 0 Å². The normalized spacial score (nSPS) is 9.85. The molecule has 0 aliphatic carbocycles. The molecule has 20 heavy (non-hydrogen) atoms. The molecule has 0 atom stereocenters. The van der Waals surface area contributed by atoms with E-state index >= 15 is 0 Å². The molecule has 0 aliphatic heterocycles. The van der Waals surface area contributed by atoms with Crippen LogP contribution in [0.25, 0.3) is 22.8 Å². The van der Waals surface area contributed by atoms with Gasteiger partial charge in [-0.05, 0) is 6.92 Å². The molecule has 0 fully saturated rings. The van der Waals surface area contributed by atoms with Crippen LogP contribution in [0.4, 0.5) is 0 Å². The summed E-state index contributed by atoms with van der Waals surface area (Å²) in [6.45, 7) is 1.89. The maximum atomic E-state index is 4.55. The van der Waals surface area contributed by atoms with Crippen LogP contribution in [0.1, 0.15) is 13.3 Å². The Labute approximate surface area is 119 Å². The Morgan fingerprint density at radius 3 is 1.40 bits per heavy atom. The lowest BCUT2D eigenvalue weighted by molar-refractivity contribution is 0.992. The number of aromatic nitrogens is 3. The summed E-state index contributed by atoms with van der Waals surface area (Å²) in [4.78, 5) is 13.4. The van der Waals surface area contributed by atoms with Gasteiger partial charge < -0.3 is 0 Å². The minimum absolute atomic E-state index is 0. The summed E-state index contributed by atoms with van der Waals surface area (Å²) < 4.78 is 0. The summed E-state index contributed by atoms with van der Waals surface area (Å²) in [7, 11) is 0. The van der Waals surface area contributed by atoms with Gasteiger partial charge in [0.15, 0.2) is 11.6 Å². The van der Waals surface area contributed by atoms with Gasteiger partial charge >= 0.3 is 0 Å². The molecular weight excluding hydrogens is 246 g/mol. The average molecular weight is 263 g/mol. The van der Waals surface area contributed by atoms with E-state index in [-0.39, 0.29) is 7.43 Å². The highest BCUT2D eigenvalue weighted by atomic mass is 15.0. The number of benzene rings is 2. The van der Waals surface area contributed by atoms with E-state index in [0.29, 0.717) is 11.6 Å². The van der Waals surface area contributed by atoms with Crippen LogP contribution in [-0.4, -0.2) is 15.0 Å². The van der Waals surface area contributed by atoms with Gasteiger partial charge in [0, 0.05) is 11.1 Å². The zero-order chi connectivity index (χ0) is 13.1. The minimum atomic E-state index is 0. The van der Waals surface area contributed by atoms with Gasteiger partial charge in [-0.15, -0.1) is 0 Å². The van der Waals surface area contributed by atoms with Crippen molar-refractivity contribution in [2.45, 2.75) is 14.4 Å². The van der Waals surface area contributed by atoms with Gasteiger partial charge in [-0.3, -0.25) is 0 Å². The van der Waals surface area contributed by atoms with Crippen molar-refractivity contribution in [1.29, 1.82) is 0 Å². The summed E-state index contributed by atoms with van der Waals surface area (Å²) in [5, 5.41) is 0. The molecule has 3 aromatic rings. The molecule has 0 radical (unpaired) electrons. The highest BCUT2D eigenvalue weighted by Gasteiger charge is 2.07. The Kier molecular flexibility index (Phi) is 4.20. The summed E-state index contributed by atoms with van der Waals surface area (Å²) in [5.41, 5.74) is 2.01. The van der Waals surface area contributed by atoms with Gasteiger partial charge in [0.1, 0.15) is 5.82 Å². The maximum absolute atomic E-state index is 4.55. The lowest BCUT2D eigenvalue weighted by Gasteiger charge is -2.05. The van der Waals surface area contributed by atoms with Crippen molar-refractivity contribution in [3.63, 3.8) is 0 Å². The van der Waals surface area contributed by atoms with E-state index in [2.05, 4.69) is 15.0 Å². The Balaban J connectivity index is 0.00000147.